The molecule has 0 aromatic heterocycles. The quantitative estimate of drug-likeness (QED) is 0.598. The van der Waals surface area contributed by atoms with Gasteiger partial charge in [0.25, 0.3) is 0 Å². The molecule has 2 amide bonds. The molecule has 0 heterocycles. The van der Waals surface area contributed by atoms with Gasteiger partial charge in [-0.25, -0.2) is 4.79 Å². The molecule has 0 aliphatic heterocycles. The van der Waals surface area contributed by atoms with Crippen LogP contribution in [-0.4, -0.2) is 66.7 Å². The minimum absolute atomic E-state index is 0.0122. The molecule has 0 aromatic carbocycles. The van der Waals surface area contributed by atoms with Gasteiger partial charge >= 0.3 is 12.0 Å². The zero-order chi connectivity index (χ0) is 13.3. The highest BCUT2D eigenvalue weighted by molar-refractivity contribution is 5.80. The molecule has 0 saturated heterocycles. The molecule has 0 radical (unpaired) electrons. The SMILES string of the molecule is C#CCN(CC(=O)O)C(=O)NCCN(C)CC. The molecule has 0 unspecified atom stereocenters. The maximum absolute atomic E-state index is 11.6. The van der Waals surface area contributed by atoms with Crippen LogP contribution in [-0.2, 0) is 4.79 Å². The summed E-state index contributed by atoms with van der Waals surface area (Å²) >= 11 is 0. The van der Waals surface area contributed by atoms with Crippen molar-refractivity contribution in [2.75, 3.05) is 39.8 Å². The Bertz CT molecular complexity index is 299. The topological polar surface area (TPSA) is 72.9 Å². The standard InChI is InChI=1S/C11H19N3O3/c1-4-7-14(9-10(15)16)11(17)12-6-8-13(3)5-2/h1H,5-9H2,2-3H3,(H,12,17)(H,15,16). The minimum atomic E-state index is -1.08. The molecule has 2 N–H and O–H groups in total. The van der Waals surface area contributed by atoms with Crippen molar-refractivity contribution < 1.29 is 14.7 Å². The number of carboxylic acid groups (broad SMARTS) is 1. The van der Waals surface area contributed by atoms with Crippen molar-refractivity contribution in [2.45, 2.75) is 6.92 Å². The van der Waals surface area contributed by atoms with E-state index in [0.29, 0.717) is 13.1 Å². The highest BCUT2D eigenvalue weighted by atomic mass is 16.4. The Morgan fingerprint density at radius 2 is 2.12 bits per heavy atom. The van der Waals surface area contributed by atoms with Gasteiger partial charge in [0, 0.05) is 13.1 Å². The number of rotatable bonds is 7. The van der Waals surface area contributed by atoms with Crippen molar-refractivity contribution in [2.24, 2.45) is 0 Å². The number of hydrogen-bond donors (Lipinski definition) is 2. The number of carbonyl (C=O) groups is 2. The Morgan fingerprint density at radius 1 is 1.47 bits per heavy atom. The third-order valence-corrected chi connectivity index (χ3v) is 2.21. The smallest absolute Gasteiger partial charge is 0.323 e. The minimum Gasteiger partial charge on any atom is -0.480 e. The first-order chi connectivity index (χ1) is 8.01. The van der Waals surface area contributed by atoms with Gasteiger partial charge in [-0.2, -0.15) is 0 Å². The van der Waals surface area contributed by atoms with Crippen LogP contribution >= 0.6 is 0 Å². The molecular formula is C11H19N3O3. The molecule has 96 valence electrons. The van der Waals surface area contributed by atoms with Crippen LogP contribution in [0.5, 0.6) is 0 Å². The van der Waals surface area contributed by atoms with Crippen molar-refractivity contribution in [3.8, 4) is 12.3 Å². The summed E-state index contributed by atoms with van der Waals surface area (Å²) in [6.07, 6.45) is 5.07. The van der Waals surface area contributed by atoms with Crippen molar-refractivity contribution in [1.29, 1.82) is 0 Å². The number of likely N-dealkylation sites (N-methyl/N-ethyl adjacent to an activating group) is 1. The summed E-state index contributed by atoms with van der Waals surface area (Å²) in [6, 6.07) is -0.449. The van der Waals surface area contributed by atoms with E-state index >= 15 is 0 Å². The molecule has 6 nitrogen and oxygen atoms in total. The van der Waals surface area contributed by atoms with Gasteiger partial charge in [0.1, 0.15) is 6.54 Å². The Labute approximate surface area is 102 Å². The number of aliphatic carboxylic acids is 1. The first-order valence-corrected chi connectivity index (χ1v) is 5.37. The summed E-state index contributed by atoms with van der Waals surface area (Å²) in [5, 5.41) is 11.2. The average Bonchev–Trinajstić information content (AvgIpc) is 2.27. The summed E-state index contributed by atoms with van der Waals surface area (Å²) in [5.74, 6) is 1.17. The number of nitrogens with one attached hydrogen (secondary N) is 1. The number of urea groups is 1. The molecule has 0 bridgehead atoms. The normalized spacial score (nSPS) is 9.76. The molecule has 0 aliphatic carbocycles. The van der Waals surface area contributed by atoms with Crippen LogP contribution < -0.4 is 5.32 Å². The zero-order valence-electron chi connectivity index (χ0n) is 10.3. The van der Waals surface area contributed by atoms with Gasteiger partial charge in [0.15, 0.2) is 0 Å². The van der Waals surface area contributed by atoms with Crippen LogP contribution in [0.1, 0.15) is 6.92 Å². The Balaban J connectivity index is 4.06. The van der Waals surface area contributed by atoms with E-state index in [0.717, 1.165) is 11.4 Å². The van der Waals surface area contributed by atoms with E-state index in [1.54, 1.807) is 0 Å². The van der Waals surface area contributed by atoms with Crippen molar-refractivity contribution in [3.63, 3.8) is 0 Å². The summed E-state index contributed by atoms with van der Waals surface area (Å²) in [4.78, 5) is 25.2. The van der Waals surface area contributed by atoms with Gasteiger partial charge in [0.05, 0.1) is 6.54 Å². The fourth-order valence-corrected chi connectivity index (χ4v) is 1.10. The van der Waals surface area contributed by atoms with Crippen LogP contribution in [0.15, 0.2) is 0 Å². The maximum atomic E-state index is 11.6. The predicted octanol–water partition coefficient (Wildman–Crippen LogP) is -0.332. The lowest BCUT2D eigenvalue weighted by atomic mass is 10.4. The van der Waals surface area contributed by atoms with Crippen LogP contribution in [0.3, 0.4) is 0 Å². The van der Waals surface area contributed by atoms with Gasteiger partial charge in [-0.1, -0.05) is 12.8 Å². The summed E-state index contributed by atoms with van der Waals surface area (Å²) < 4.78 is 0. The molecule has 0 rings (SSSR count). The van der Waals surface area contributed by atoms with E-state index in [1.165, 1.54) is 0 Å². The van der Waals surface area contributed by atoms with E-state index < -0.39 is 12.0 Å². The molecule has 17 heavy (non-hydrogen) atoms. The molecule has 0 aliphatic rings. The van der Waals surface area contributed by atoms with Gasteiger partial charge in [-0.15, -0.1) is 6.42 Å². The van der Waals surface area contributed by atoms with Crippen LogP contribution in [0.2, 0.25) is 0 Å². The third-order valence-electron chi connectivity index (χ3n) is 2.21. The van der Waals surface area contributed by atoms with E-state index in [4.69, 9.17) is 11.5 Å². The zero-order valence-corrected chi connectivity index (χ0v) is 10.3. The Morgan fingerprint density at radius 3 is 2.59 bits per heavy atom. The number of amides is 2. The summed E-state index contributed by atoms with van der Waals surface area (Å²) in [5.41, 5.74) is 0. The molecule has 0 saturated carbocycles. The summed E-state index contributed by atoms with van der Waals surface area (Å²) in [7, 11) is 1.93. The number of terminal acetylenes is 1. The van der Waals surface area contributed by atoms with Crippen molar-refractivity contribution >= 4 is 12.0 Å². The number of carbonyl (C=O) groups excluding carboxylic acids is 1. The van der Waals surface area contributed by atoms with Gasteiger partial charge < -0.3 is 20.2 Å². The van der Waals surface area contributed by atoms with Crippen LogP contribution in [0.25, 0.3) is 0 Å². The van der Waals surface area contributed by atoms with Crippen molar-refractivity contribution in [1.82, 2.24) is 15.1 Å². The number of nitrogens with zero attached hydrogens (tertiary/aromatic N) is 2. The molecule has 0 fully saturated rings. The highest BCUT2D eigenvalue weighted by Crippen LogP contribution is 1.89. The van der Waals surface area contributed by atoms with Crippen LogP contribution in [0.4, 0.5) is 4.79 Å². The first kappa shape index (κ1) is 15.3. The van der Waals surface area contributed by atoms with E-state index in [-0.39, 0.29) is 13.1 Å². The lowest BCUT2D eigenvalue weighted by Gasteiger charge is -2.20. The second-order valence-corrected chi connectivity index (χ2v) is 3.58. The van der Waals surface area contributed by atoms with Crippen LogP contribution in [0, 0.1) is 12.3 Å². The first-order valence-electron chi connectivity index (χ1n) is 5.37. The second-order valence-electron chi connectivity index (χ2n) is 3.58. The molecular weight excluding hydrogens is 222 g/mol. The predicted molar refractivity (Wildman–Crippen MR) is 64.6 cm³/mol. The molecule has 0 spiro atoms. The van der Waals surface area contributed by atoms with Gasteiger partial charge in [-0.3, -0.25) is 4.79 Å². The number of hydrogen-bond acceptors (Lipinski definition) is 3. The molecule has 0 atom stereocenters. The van der Waals surface area contributed by atoms with Gasteiger partial charge in [-0.05, 0) is 13.6 Å². The van der Waals surface area contributed by atoms with E-state index in [2.05, 4.69) is 11.2 Å². The third kappa shape index (κ3) is 7.19. The molecule has 6 heteroatoms. The fourth-order valence-electron chi connectivity index (χ4n) is 1.10. The van der Waals surface area contributed by atoms with E-state index in [9.17, 15) is 9.59 Å². The number of carboxylic acids is 1. The highest BCUT2D eigenvalue weighted by Gasteiger charge is 2.14. The Hall–Kier alpha value is -1.74. The maximum Gasteiger partial charge on any atom is 0.323 e. The monoisotopic (exact) mass is 241 g/mol. The second kappa shape index (κ2) is 8.42. The average molecular weight is 241 g/mol. The molecule has 0 aromatic rings. The fraction of sp³-hybridized carbons (Fsp3) is 0.636. The summed E-state index contributed by atoms with van der Waals surface area (Å²) in [6.45, 7) is 3.67. The van der Waals surface area contributed by atoms with Crippen molar-refractivity contribution in [3.05, 3.63) is 0 Å². The lowest BCUT2D eigenvalue weighted by Crippen LogP contribution is -2.44. The Kier molecular flexibility index (Phi) is 7.55. The van der Waals surface area contributed by atoms with E-state index in [1.807, 2.05) is 18.9 Å². The van der Waals surface area contributed by atoms with Gasteiger partial charge in [0.2, 0.25) is 0 Å². The lowest BCUT2D eigenvalue weighted by molar-refractivity contribution is -0.137. The largest absolute Gasteiger partial charge is 0.480 e.